The highest BCUT2D eigenvalue weighted by molar-refractivity contribution is 5.79. The van der Waals surface area contributed by atoms with Crippen LogP contribution in [0.1, 0.15) is 30.1 Å². The number of hydrogen-bond acceptors (Lipinski definition) is 7. The van der Waals surface area contributed by atoms with E-state index in [1.807, 2.05) is 49.3 Å². The van der Waals surface area contributed by atoms with E-state index >= 15 is 0 Å². The zero-order chi connectivity index (χ0) is 19.8. The van der Waals surface area contributed by atoms with E-state index in [4.69, 9.17) is 14.8 Å². The van der Waals surface area contributed by atoms with Crippen molar-refractivity contribution in [2.45, 2.75) is 32.7 Å². The lowest BCUT2D eigenvalue weighted by atomic mass is 10.1. The first-order valence-electron chi connectivity index (χ1n) is 9.72. The number of aromatic nitrogens is 7. The van der Waals surface area contributed by atoms with Gasteiger partial charge in [-0.1, -0.05) is 0 Å². The summed E-state index contributed by atoms with van der Waals surface area (Å²) in [6, 6.07) is 4.11. The van der Waals surface area contributed by atoms with Crippen molar-refractivity contribution < 1.29 is 4.74 Å². The lowest BCUT2D eigenvalue weighted by Crippen LogP contribution is -2.21. The molecule has 9 nitrogen and oxygen atoms in total. The smallest absolute Gasteiger partial charge is 0.229 e. The molecule has 0 aromatic carbocycles. The van der Waals surface area contributed by atoms with E-state index in [9.17, 15) is 0 Å². The van der Waals surface area contributed by atoms with Gasteiger partial charge in [0.25, 0.3) is 0 Å². The van der Waals surface area contributed by atoms with Crippen molar-refractivity contribution in [1.29, 1.82) is 0 Å². The summed E-state index contributed by atoms with van der Waals surface area (Å²) in [5, 5.41) is 13.3. The third-order valence-corrected chi connectivity index (χ3v) is 5.24. The molecule has 1 aliphatic rings. The van der Waals surface area contributed by atoms with Gasteiger partial charge in [0.1, 0.15) is 0 Å². The number of aryl methyl sites for hydroxylation is 2. The quantitative estimate of drug-likeness (QED) is 0.572. The van der Waals surface area contributed by atoms with Gasteiger partial charge in [-0.25, -0.2) is 19.3 Å². The van der Waals surface area contributed by atoms with Crippen molar-refractivity contribution in [3.8, 4) is 5.82 Å². The van der Waals surface area contributed by atoms with Crippen LogP contribution in [0.25, 0.3) is 16.9 Å². The Morgan fingerprint density at radius 3 is 2.79 bits per heavy atom. The summed E-state index contributed by atoms with van der Waals surface area (Å²) < 4.78 is 9.26. The number of pyridine rings is 1. The summed E-state index contributed by atoms with van der Waals surface area (Å²) in [7, 11) is 0. The third-order valence-electron chi connectivity index (χ3n) is 5.24. The number of fused-ring (bicyclic) bond motifs is 1. The summed E-state index contributed by atoms with van der Waals surface area (Å²) in [5.74, 6) is 1.26. The maximum Gasteiger partial charge on any atom is 0.229 e. The van der Waals surface area contributed by atoms with Crippen molar-refractivity contribution >= 4 is 22.7 Å². The summed E-state index contributed by atoms with van der Waals surface area (Å²) in [5.41, 5.74) is 3.68. The fourth-order valence-corrected chi connectivity index (χ4v) is 3.61. The number of rotatable bonds is 4. The van der Waals surface area contributed by atoms with Gasteiger partial charge >= 0.3 is 0 Å². The Kier molecular flexibility index (Phi) is 4.44. The van der Waals surface area contributed by atoms with Gasteiger partial charge in [0.2, 0.25) is 5.95 Å². The molecule has 0 atom stereocenters. The van der Waals surface area contributed by atoms with E-state index < -0.39 is 0 Å². The first-order chi connectivity index (χ1) is 14.2. The van der Waals surface area contributed by atoms with Crippen molar-refractivity contribution in [1.82, 2.24) is 34.5 Å². The van der Waals surface area contributed by atoms with Gasteiger partial charge in [-0.05, 0) is 38.3 Å². The van der Waals surface area contributed by atoms with E-state index in [1.54, 1.807) is 10.9 Å². The Morgan fingerprint density at radius 1 is 1.14 bits per heavy atom. The topological polar surface area (TPSA) is 95.6 Å². The Labute approximate surface area is 167 Å². The van der Waals surface area contributed by atoms with Crippen LogP contribution in [0.2, 0.25) is 0 Å². The first-order valence-corrected chi connectivity index (χ1v) is 9.72. The van der Waals surface area contributed by atoms with Crippen molar-refractivity contribution in [2.24, 2.45) is 0 Å². The summed E-state index contributed by atoms with van der Waals surface area (Å²) in [6.45, 7) is 5.51. The monoisotopic (exact) mass is 390 g/mol. The van der Waals surface area contributed by atoms with Crippen molar-refractivity contribution in [3.63, 3.8) is 0 Å². The summed E-state index contributed by atoms with van der Waals surface area (Å²) in [6.07, 6.45) is 9.13. The molecular weight excluding hydrogens is 368 g/mol. The van der Waals surface area contributed by atoms with Gasteiger partial charge in [0.05, 0.1) is 17.1 Å². The molecule has 0 aliphatic carbocycles. The highest BCUT2D eigenvalue weighted by Gasteiger charge is 2.21. The standard InChI is InChI=1S/C20H22N8O/c1-13-11-21-18(27-7-3-6-23-27)10-17(13)24-20-22-12-16-14(2)26-28(19(16)25-20)15-4-8-29-9-5-15/h3,6-7,10-12,15H,4-5,8-9H2,1-2H3,(H,21,22,24,25). The maximum absolute atomic E-state index is 5.50. The third kappa shape index (κ3) is 3.33. The van der Waals surface area contributed by atoms with Crippen LogP contribution in [0, 0.1) is 13.8 Å². The van der Waals surface area contributed by atoms with Crippen LogP contribution in [0.5, 0.6) is 0 Å². The average molecular weight is 390 g/mol. The average Bonchev–Trinajstić information content (AvgIpc) is 3.39. The molecule has 0 amide bonds. The van der Waals surface area contributed by atoms with Crippen LogP contribution in [-0.4, -0.2) is 47.7 Å². The van der Waals surface area contributed by atoms with Gasteiger partial charge < -0.3 is 10.1 Å². The number of nitrogens with zero attached hydrogens (tertiary/aromatic N) is 7. The molecule has 5 heterocycles. The second-order valence-corrected chi connectivity index (χ2v) is 7.24. The number of anilines is 2. The Hall–Kier alpha value is -3.33. The lowest BCUT2D eigenvalue weighted by Gasteiger charge is -2.22. The summed E-state index contributed by atoms with van der Waals surface area (Å²) >= 11 is 0. The first kappa shape index (κ1) is 17.7. The maximum atomic E-state index is 5.50. The van der Waals surface area contributed by atoms with E-state index in [0.717, 1.165) is 59.9 Å². The molecule has 0 bridgehead atoms. The highest BCUT2D eigenvalue weighted by atomic mass is 16.5. The molecule has 0 saturated carbocycles. The van der Waals surface area contributed by atoms with Gasteiger partial charge in [-0.15, -0.1) is 0 Å². The highest BCUT2D eigenvalue weighted by Crippen LogP contribution is 2.27. The molecule has 148 valence electrons. The summed E-state index contributed by atoms with van der Waals surface area (Å²) in [4.78, 5) is 13.8. The molecule has 4 aromatic heterocycles. The number of nitrogens with one attached hydrogen (secondary N) is 1. The van der Waals surface area contributed by atoms with Crippen LogP contribution in [0.3, 0.4) is 0 Å². The Morgan fingerprint density at radius 2 is 2.00 bits per heavy atom. The van der Waals surface area contributed by atoms with Crippen LogP contribution in [0.4, 0.5) is 11.6 Å². The molecule has 1 fully saturated rings. The molecule has 0 unspecified atom stereocenters. The van der Waals surface area contributed by atoms with Gasteiger partial charge in [0.15, 0.2) is 11.5 Å². The Balaban J connectivity index is 1.50. The van der Waals surface area contributed by atoms with Crippen LogP contribution in [0.15, 0.2) is 36.9 Å². The van der Waals surface area contributed by atoms with Crippen LogP contribution >= 0.6 is 0 Å². The Bertz CT molecular complexity index is 1140. The van der Waals surface area contributed by atoms with E-state index in [2.05, 4.69) is 20.4 Å². The van der Waals surface area contributed by atoms with Gasteiger partial charge in [-0.2, -0.15) is 15.2 Å². The predicted molar refractivity (Wildman–Crippen MR) is 109 cm³/mol. The molecule has 1 N–H and O–H groups in total. The fraction of sp³-hybridized carbons (Fsp3) is 0.350. The molecule has 0 spiro atoms. The van der Waals surface area contributed by atoms with Gasteiger partial charge in [0, 0.05) is 49.8 Å². The minimum Gasteiger partial charge on any atom is -0.381 e. The van der Waals surface area contributed by atoms with Crippen molar-refractivity contribution in [3.05, 3.63) is 48.2 Å². The predicted octanol–water partition coefficient (Wildman–Crippen LogP) is 3.12. The normalized spacial score (nSPS) is 15.1. The van der Waals surface area contributed by atoms with Crippen LogP contribution < -0.4 is 5.32 Å². The van der Waals surface area contributed by atoms with E-state index in [1.165, 1.54) is 0 Å². The molecule has 1 aliphatic heterocycles. The number of ether oxygens (including phenoxy) is 1. The second-order valence-electron chi connectivity index (χ2n) is 7.24. The fourth-order valence-electron chi connectivity index (χ4n) is 3.61. The molecule has 4 aromatic rings. The molecular formula is C20H22N8O. The molecule has 0 radical (unpaired) electrons. The largest absolute Gasteiger partial charge is 0.381 e. The van der Waals surface area contributed by atoms with E-state index in [0.29, 0.717) is 12.0 Å². The minimum absolute atomic E-state index is 0.303. The van der Waals surface area contributed by atoms with E-state index in [-0.39, 0.29) is 0 Å². The van der Waals surface area contributed by atoms with Gasteiger partial charge in [-0.3, -0.25) is 0 Å². The second kappa shape index (κ2) is 7.25. The minimum atomic E-state index is 0.303. The van der Waals surface area contributed by atoms with Crippen LogP contribution in [-0.2, 0) is 4.74 Å². The zero-order valence-electron chi connectivity index (χ0n) is 16.4. The zero-order valence-corrected chi connectivity index (χ0v) is 16.4. The molecule has 5 rings (SSSR count). The SMILES string of the molecule is Cc1cnc(-n2cccn2)cc1Nc1ncc2c(C)nn(C3CCOCC3)c2n1. The lowest BCUT2D eigenvalue weighted by molar-refractivity contribution is 0.0672. The molecule has 9 heteroatoms. The molecule has 29 heavy (non-hydrogen) atoms. The molecule has 1 saturated heterocycles. The van der Waals surface area contributed by atoms with Crippen molar-refractivity contribution in [2.75, 3.05) is 18.5 Å². The number of hydrogen-bond donors (Lipinski definition) is 1.